The van der Waals surface area contributed by atoms with Gasteiger partial charge in [0.25, 0.3) is 0 Å². The number of nitrogens with one attached hydrogen (secondary N) is 1. The van der Waals surface area contributed by atoms with Crippen molar-refractivity contribution in [1.29, 1.82) is 0 Å². The van der Waals surface area contributed by atoms with Crippen molar-refractivity contribution in [3.63, 3.8) is 0 Å². The van der Waals surface area contributed by atoms with Crippen LogP contribution in [0.4, 0.5) is 5.00 Å². The number of aromatic nitrogens is 3. The standard InChI is InChI=1S/C19H22N4O3S3/c1-5-26-18(25)15-12(13-7-6-8-27-13)9-28-17(15)20-14(24)10-29-19-22-21-16(11(2)3)23(19)4/h6-9,11H,5,10H2,1-4H3,(H,20,24). The predicted octanol–water partition coefficient (Wildman–Crippen LogP) is 4.64. The number of ether oxygens (including phenoxy) is 1. The number of hydrogen-bond donors (Lipinski definition) is 1. The van der Waals surface area contributed by atoms with E-state index in [1.165, 1.54) is 34.4 Å². The number of carbonyl (C=O) groups is 2. The molecule has 0 atom stereocenters. The molecule has 7 nitrogen and oxygen atoms in total. The fourth-order valence-corrected chi connectivity index (χ4v) is 5.22. The summed E-state index contributed by atoms with van der Waals surface area (Å²) in [7, 11) is 1.89. The minimum absolute atomic E-state index is 0.165. The lowest BCUT2D eigenvalue weighted by Gasteiger charge is -2.08. The van der Waals surface area contributed by atoms with Gasteiger partial charge in [0.05, 0.1) is 12.4 Å². The first-order chi connectivity index (χ1) is 13.9. The highest BCUT2D eigenvalue weighted by Crippen LogP contribution is 2.38. The van der Waals surface area contributed by atoms with E-state index in [1.54, 1.807) is 6.92 Å². The van der Waals surface area contributed by atoms with E-state index in [4.69, 9.17) is 4.74 Å². The zero-order valence-electron chi connectivity index (χ0n) is 16.6. The van der Waals surface area contributed by atoms with Crippen LogP contribution in [0.2, 0.25) is 0 Å². The highest BCUT2D eigenvalue weighted by atomic mass is 32.2. The molecular weight excluding hydrogens is 428 g/mol. The second-order valence-corrected chi connectivity index (χ2v) is 9.21. The first-order valence-electron chi connectivity index (χ1n) is 9.06. The Balaban J connectivity index is 1.74. The summed E-state index contributed by atoms with van der Waals surface area (Å²) in [6.45, 7) is 6.12. The lowest BCUT2D eigenvalue weighted by molar-refractivity contribution is -0.113. The summed E-state index contributed by atoms with van der Waals surface area (Å²) < 4.78 is 7.11. The zero-order chi connectivity index (χ0) is 21.0. The molecular formula is C19H22N4O3S3. The van der Waals surface area contributed by atoms with E-state index in [2.05, 4.69) is 15.5 Å². The number of anilines is 1. The van der Waals surface area contributed by atoms with Crippen molar-refractivity contribution in [2.75, 3.05) is 17.7 Å². The van der Waals surface area contributed by atoms with Crippen molar-refractivity contribution < 1.29 is 14.3 Å². The second kappa shape index (κ2) is 9.55. The summed E-state index contributed by atoms with van der Waals surface area (Å²) in [5, 5.41) is 16.2. The van der Waals surface area contributed by atoms with E-state index in [9.17, 15) is 9.59 Å². The van der Waals surface area contributed by atoms with Gasteiger partial charge in [0, 0.05) is 28.8 Å². The molecule has 154 valence electrons. The number of nitrogens with zero attached hydrogens (tertiary/aromatic N) is 3. The lowest BCUT2D eigenvalue weighted by Crippen LogP contribution is -2.16. The molecule has 1 amide bonds. The maximum atomic E-state index is 12.5. The summed E-state index contributed by atoms with van der Waals surface area (Å²) in [4.78, 5) is 26.0. The van der Waals surface area contributed by atoms with Gasteiger partial charge >= 0.3 is 5.97 Å². The Kier molecular flexibility index (Phi) is 7.09. The molecule has 0 aliphatic heterocycles. The van der Waals surface area contributed by atoms with Crippen molar-refractivity contribution in [3.8, 4) is 10.4 Å². The van der Waals surface area contributed by atoms with Crippen LogP contribution in [0.5, 0.6) is 0 Å². The van der Waals surface area contributed by atoms with Crippen molar-refractivity contribution in [2.24, 2.45) is 7.05 Å². The van der Waals surface area contributed by atoms with Gasteiger partial charge in [-0.25, -0.2) is 4.79 Å². The topological polar surface area (TPSA) is 86.1 Å². The Hall–Kier alpha value is -2.17. The molecule has 0 aliphatic rings. The molecule has 3 heterocycles. The van der Waals surface area contributed by atoms with Crippen LogP contribution in [0, 0.1) is 0 Å². The van der Waals surface area contributed by atoms with Gasteiger partial charge in [0.15, 0.2) is 5.16 Å². The third-order valence-electron chi connectivity index (χ3n) is 4.03. The molecule has 3 aromatic heterocycles. The minimum atomic E-state index is -0.435. The smallest absolute Gasteiger partial charge is 0.341 e. The molecule has 29 heavy (non-hydrogen) atoms. The summed E-state index contributed by atoms with van der Waals surface area (Å²) in [5.74, 6) is 0.642. The van der Waals surface area contributed by atoms with Crippen molar-refractivity contribution in [1.82, 2.24) is 14.8 Å². The van der Waals surface area contributed by atoms with Crippen LogP contribution in [0.15, 0.2) is 28.0 Å². The zero-order valence-corrected chi connectivity index (χ0v) is 19.0. The predicted molar refractivity (Wildman–Crippen MR) is 118 cm³/mol. The van der Waals surface area contributed by atoms with Crippen molar-refractivity contribution in [2.45, 2.75) is 31.8 Å². The monoisotopic (exact) mass is 450 g/mol. The number of rotatable bonds is 8. The Labute approximate surface area is 181 Å². The number of thioether (sulfide) groups is 1. The highest BCUT2D eigenvalue weighted by Gasteiger charge is 2.23. The lowest BCUT2D eigenvalue weighted by atomic mass is 10.1. The van der Waals surface area contributed by atoms with Crippen LogP contribution in [-0.4, -0.2) is 39.0 Å². The van der Waals surface area contributed by atoms with Gasteiger partial charge in [-0.05, 0) is 18.4 Å². The van der Waals surface area contributed by atoms with Crippen LogP contribution in [-0.2, 0) is 16.6 Å². The van der Waals surface area contributed by atoms with E-state index < -0.39 is 5.97 Å². The third kappa shape index (κ3) is 4.88. The van der Waals surface area contributed by atoms with Crippen LogP contribution in [0.3, 0.4) is 0 Å². The molecule has 0 spiro atoms. The first-order valence-corrected chi connectivity index (χ1v) is 11.8. The Morgan fingerprint density at radius 2 is 2.10 bits per heavy atom. The Morgan fingerprint density at radius 1 is 1.31 bits per heavy atom. The van der Waals surface area contributed by atoms with Crippen molar-refractivity contribution >= 4 is 51.3 Å². The number of amides is 1. The van der Waals surface area contributed by atoms with Gasteiger partial charge in [-0.15, -0.1) is 32.9 Å². The van der Waals surface area contributed by atoms with E-state index in [0.29, 0.717) is 15.7 Å². The normalized spacial score (nSPS) is 11.1. The summed E-state index contributed by atoms with van der Waals surface area (Å²) in [6, 6.07) is 3.87. The maximum Gasteiger partial charge on any atom is 0.341 e. The van der Waals surface area contributed by atoms with Gasteiger partial charge < -0.3 is 14.6 Å². The molecule has 3 aromatic rings. The molecule has 10 heteroatoms. The van der Waals surface area contributed by atoms with Crippen LogP contribution in [0.25, 0.3) is 10.4 Å². The number of hydrogen-bond acceptors (Lipinski definition) is 8. The average Bonchev–Trinajstić information content (AvgIpc) is 3.39. The number of thiophene rings is 2. The molecule has 0 unspecified atom stereocenters. The van der Waals surface area contributed by atoms with Gasteiger partial charge in [-0.3, -0.25) is 4.79 Å². The highest BCUT2D eigenvalue weighted by molar-refractivity contribution is 7.99. The molecule has 0 saturated carbocycles. The largest absolute Gasteiger partial charge is 0.462 e. The van der Waals surface area contributed by atoms with E-state index in [1.807, 2.05) is 48.4 Å². The summed E-state index contributed by atoms with van der Waals surface area (Å²) in [6.07, 6.45) is 0. The van der Waals surface area contributed by atoms with Gasteiger partial charge in [0.1, 0.15) is 16.4 Å². The fraction of sp³-hybridized carbons (Fsp3) is 0.368. The first kappa shape index (κ1) is 21.5. The Morgan fingerprint density at radius 3 is 2.72 bits per heavy atom. The molecule has 0 radical (unpaired) electrons. The molecule has 0 saturated heterocycles. The average molecular weight is 451 g/mol. The van der Waals surface area contributed by atoms with E-state index >= 15 is 0 Å². The SMILES string of the molecule is CCOC(=O)c1c(-c2cccs2)csc1NC(=O)CSc1nnc(C(C)C)n1C. The quantitative estimate of drug-likeness (QED) is 0.398. The van der Waals surface area contributed by atoms with E-state index in [0.717, 1.165) is 16.3 Å². The van der Waals surface area contributed by atoms with Crippen molar-refractivity contribution in [3.05, 3.63) is 34.3 Å². The van der Waals surface area contributed by atoms with Crippen LogP contribution in [0.1, 0.15) is 42.9 Å². The van der Waals surface area contributed by atoms with Gasteiger partial charge in [-0.1, -0.05) is 31.7 Å². The minimum Gasteiger partial charge on any atom is -0.462 e. The van der Waals surface area contributed by atoms with Gasteiger partial charge in [-0.2, -0.15) is 0 Å². The van der Waals surface area contributed by atoms with Crippen LogP contribution >= 0.6 is 34.4 Å². The van der Waals surface area contributed by atoms with Crippen LogP contribution < -0.4 is 5.32 Å². The Bertz CT molecular complexity index is 993. The molecule has 0 aromatic carbocycles. The number of carbonyl (C=O) groups excluding carboxylic acids is 2. The maximum absolute atomic E-state index is 12.5. The number of esters is 1. The third-order valence-corrected chi connectivity index (χ3v) is 6.85. The summed E-state index contributed by atoms with van der Waals surface area (Å²) in [5.41, 5.74) is 1.18. The fourth-order valence-electron chi connectivity index (χ4n) is 2.72. The molecule has 3 rings (SSSR count). The van der Waals surface area contributed by atoms with Gasteiger partial charge in [0.2, 0.25) is 5.91 Å². The molecule has 0 fully saturated rings. The molecule has 0 bridgehead atoms. The summed E-state index contributed by atoms with van der Waals surface area (Å²) >= 11 is 4.17. The van der Waals surface area contributed by atoms with E-state index in [-0.39, 0.29) is 24.2 Å². The second-order valence-electron chi connectivity index (χ2n) is 6.44. The molecule has 0 aliphatic carbocycles. The molecule has 1 N–H and O–H groups in total.